The van der Waals surface area contributed by atoms with E-state index < -0.39 is 10.6 Å². The maximum atomic E-state index is 10.9. The number of rotatable bonds is 4. The molecule has 0 aliphatic carbocycles. The highest BCUT2D eigenvalue weighted by Crippen LogP contribution is 2.26. The molecule has 0 atom stereocenters. The van der Waals surface area contributed by atoms with Crippen molar-refractivity contribution in [3.8, 4) is 0 Å². The molecule has 0 aliphatic heterocycles. The SMILES string of the molecule is Nc1ncnc(N/N=C/c2ccccc2I)c1[N+](=O)[O-]. The Morgan fingerprint density at radius 2 is 2.15 bits per heavy atom. The fourth-order valence-corrected chi connectivity index (χ4v) is 1.92. The Bertz CT molecular complexity index is 676. The van der Waals surface area contributed by atoms with Crippen molar-refractivity contribution in [2.45, 2.75) is 0 Å². The van der Waals surface area contributed by atoms with Crippen LogP contribution in [0.25, 0.3) is 0 Å². The van der Waals surface area contributed by atoms with Gasteiger partial charge in [-0.25, -0.2) is 9.97 Å². The molecule has 0 saturated heterocycles. The molecular formula is C11H9IN6O2. The first-order valence-electron chi connectivity index (χ1n) is 5.38. The van der Waals surface area contributed by atoms with Crippen LogP contribution < -0.4 is 11.2 Å². The van der Waals surface area contributed by atoms with Crippen LogP contribution in [0.3, 0.4) is 0 Å². The second-order valence-corrected chi connectivity index (χ2v) is 4.77. The summed E-state index contributed by atoms with van der Waals surface area (Å²) in [6.07, 6.45) is 2.68. The number of aromatic nitrogens is 2. The number of benzene rings is 1. The maximum Gasteiger partial charge on any atom is 0.354 e. The van der Waals surface area contributed by atoms with E-state index >= 15 is 0 Å². The Morgan fingerprint density at radius 1 is 1.40 bits per heavy atom. The number of halogens is 1. The van der Waals surface area contributed by atoms with Gasteiger partial charge in [-0.2, -0.15) is 5.10 Å². The van der Waals surface area contributed by atoms with E-state index in [1.807, 2.05) is 24.3 Å². The van der Waals surface area contributed by atoms with Crippen molar-refractivity contribution < 1.29 is 4.92 Å². The summed E-state index contributed by atoms with van der Waals surface area (Å²) in [5, 5.41) is 14.8. The quantitative estimate of drug-likeness (QED) is 0.360. The lowest BCUT2D eigenvalue weighted by Crippen LogP contribution is -2.04. The molecule has 0 spiro atoms. The van der Waals surface area contributed by atoms with E-state index in [1.165, 1.54) is 0 Å². The molecule has 8 nitrogen and oxygen atoms in total. The molecule has 1 aromatic heterocycles. The van der Waals surface area contributed by atoms with E-state index in [2.05, 4.69) is 43.1 Å². The van der Waals surface area contributed by atoms with Crippen LogP contribution in [0, 0.1) is 13.7 Å². The summed E-state index contributed by atoms with van der Waals surface area (Å²) >= 11 is 2.16. The number of nitro groups is 1. The number of nitrogen functional groups attached to an aromatic ring is 1. The summed E-state index contributed by atoms with van der Waals surface area (Å²) in [6.45, 7) is 0. The van der Waals surface area contributed by atoms with Gasteiger partial charge in [-0.05, 0) is 28.7 Å². The predicted molar refractivity (Wildman–Crippen MR) is 83.5 cm³/mol. The molecule has 1 aromatic carbocycles. The van der Waals surface area contributed by atoms with Gasteiger partial charge >= 0.3 is 5.69 Å². The number of hydrogen-bond acceptors (Lipinski definition) is 7. The van der Waals surface area contributed by atoms with Crippen LogP contribution in [0.4, 0.5) is 17.3 Å². The Balaban J connectivity index is 2.22. The fraction of sp³-hybridized carbons (Fsp3) is 0. The molecule has 0 aliphatic rings. The molecule has 0 fully saturated rings. The summed E-state index contributed by atoms with van der Waals surface area (Å²) < 4.78 is 1.01. The van der Waals surface area contributed by atoms with Gasteiger partial charge in [0.2, 0.25) is 11.6 Å². The molecule has 3 N–H and O–H groups in total. The van der Waals surface area contributed by atoms with E-state index in [0.717, 1.165) is 15.5 Å². The number of nitrogens with zero attached hydrogens (tertiary/aromatic N) is 4. The van der Waals surface area contributed by atoms with Crippen molar-refractivity contribution in [3.05, 3.63) is 49.8 Å². The molecule has 0 amide bonds. The Morgan fingerprint density at radius 3 is 2.85 bits per heavy atom. The van der Waals surface area contributed by atoms with Gasteiger partial charge in [0.05, 0.1) is 11.1 Å². The lowest BCUT2D eigenvalue weighted by Gasteiger charge is -2.02. The van der Waals surface area contributed by atoms with Gasteiger partial charge in [0.1, 0.15) is 6.33 Å². The van der Waals surface area contributed by atoms with Crippen molar-refractivity contribution in [1.82, 2.24) is 9.97 Å². The van der Waals surface area contributed by atoms with Crippen molar-refractivity contribution in [3.63, 3.8) is 0 Å². The van der Waals surface area contributed by atoms with Crippen LogP contribution >= 0.6 is 22.6 Å². The van der Waals surface area contributed by atoms with Crippen LogP contribution in [-0.4, -0.2) is 21.1 Å². The third kappa shape index (κ3) is 3.17. The number of hydrogen-bond donors (Lipinski definition) is 2. The van der Waals surface area contributed by atoms with Crippen molar-refractivity contribution in [2.24, 2.45) is 5.10 Å². The highest BCUT2D eigenvalue weighted by Gasteiger charge is 2.20. The van der Waals surface area contributed by atoms with E-state index in [9.17, 15) is 10.1 Å². The first kappa shape index (κ1) is 14.1. The summed E-state index contributed by atoms with van der Waals surface area (Å²) in [4.78, 5) is 17.6. The summed E-state index contributed by atoms with van der Waals surface area (Å²) in [7, 11) is 0. The Hall–Kier alpha value is -2.30. The Labute approximate surface area is 127 Å². The third-order valence-corrected chi connectivity index (χ3v) is 3.29. The molecule has 1 heterocycles. The summed E-state index contributed by atoms with van der Waals surface area (Å²) in [6, 6.07) is 7.57. The van der Waals surface area contributed by atoms with Gasteiger partial charge in [-0.15, -0.1) is 0 Å². The lowest BCUT2D eigenvalue weighted by molar-refractivity contribution is -0.383. The smallest absolute Gasteiger partial charge is 0.354 e. The van der Waals surface area contributed by atoms with Crippen molar-refractivity contribution >= 4 is 46.1 Å². The van der Waals surface area contributed by atoms with E-state index in [1.54, 1.807) is 6.21 Å². The van der Waals surface area contributed by atoms with Crippen LogP contribution in [0.15, 0.2) is 35.7 Å². The fourth-order valence-electron chi connectivity index (χ4n) is 1.40. The molecule has 2 rings (SSSR count). The normalized spacial score (nSPS) is 10.7. The third-order valence-electron chi connectivity index (χ3n) is 2.31. The maximum absolute atomic E-state index is 10.9. The number of nitrogens with two attached hydrogens (primary N) is 1. The van der Waals surface area contributed by atoms with Gasteiger partial charge < -0.3 is 5.73 Å². The second-order valence-electron chi connectivity index (χ2n) is 3.60. The standard InChI is InChI=1S/C11H9IN6O2/c12-8-4-2-1-3-7(8)5-16-17-11-9(18(19)20)10(13)14-6-15-11/h1-6H,(H3,13,14,15,17)/b16-5+. The molecule has 102 valence electrons. The molecule has 20 heavy (non-hydrogen) atoms. The number of hydrazone groups is 1. The summed E-state index contributed by atoms with van der Waals surface area (Å²) in [5.74, 6) is -0.262. The van der Waals surface area contributed by atoms with Gasteiger partial charge in [0.25, 0.3) is 0 Å². The topological polar surface area (TPSA) is 119 Å². The lowest BCUT2D eigenvalue weighted by atomic mass is 10.2. The van der Waals surface area contributed by atoms with E-state index in [0.29, 0.717) is 0 Å². The largest absolute Gasteiger partial charge is 0.378 e. The minimum absolute atomic E-state index is 0.0512. The van der Waals surface area contributed by atoms with Gasteiger partial charge in [0, 0.05) is 9.13 Å². The Kier molecular flexibility index (Phi) is 4.40. The number of nitrogens with one attached hydrogen (secondary N) is 1. The zero-order valence-corrected chi connectivity index (χ0v) is 12.2. The van der Waals surface area contributed by atoms with Crippen LogP contribution in [-0.2, 0) is 0 Å². The number of anilines is 2. The highest BCUT2D eigenvalue weighted by atomic mass is 127. The predicted octanol–water partition coefficient (Wildman–Crippen LogP) is 2.02. The average molecular weight is 384 g/mol. The summed E-state index contributed by atoms with van der Waals surface area (Å²) in [5.41, 5.74) is 8.43. The zero-order chi connectivity index (χ0) is 14.5. The zero-order valence-electron chi connectivity index (χ0n) is 10.0. The molecule has 0 bridgehead atoms. The minimum atomic E-state index is -0.653. The van der Waals surface area contributed by atoms with E-state index in [4.69, 9.17) is 5.73 Å². The molecule has 2 aromatic rings. The van der Waals surface area contributed by atoms with E-state index in [-0.39, 0.29) is 11.6 Å². The molecule has 0 unspecified atom stereocenters. The van der Waals surface area contributed by atoms with Gasteiger partial charge in [-0.1, -0.05) is 18.2 Å². The van der Waals surface area contributed by atoms with Gasteiger partial charge in [-0.3, -0.25) is 15.5 Å². The minimum Gasteiger partial charge on any atom is -0.378 e. The van der Waals surface area contributed by atoms with Crippen LogP contribution in [0.1, 0.15) is 5.56 Å². The van der Waals surface area contributed by atoms with Crippen molar-refractivity contribution in [1.29, 1.82) is 0 Å². The first-order valence-corrected chi connectivity index (χ1v) is 6.46. The molecular weight excluding hydrogens is 375 g/mol. The van der Waals surface area contributed by atoms with Gasteiger partial charge in [0.15, 0.2) is 0 Å². The monoisotopic (exact) mass is 384 g/mol. The molecule has 0 saturated carbocycles. The van der Waals surface area contributed by atoms with Crippen LogP contribution in [0.2, 0.25) is 0 Å². The molecule has 9 heteroatoms. The average Bonchev–Trinajstić information content (AvgIpc) is 2.40. The van der Waals surface area contributed by atoms with Crippen LogP contribution in [0.5, 0.6) is 0 Å². The first-order chi connectivity index (χ1) is 9.59. The van der Waals surface area contributed by atoms with Crippen molar-refractivity contribution in [2.75, 3.05) is 11.2 Å². The molecule has 0 radical (unpaired) electrons. The highest BCUT2D eigenvalue weighted by molar-refractivity contribution is 14.1. The second kappa shape index (κ2) is 6.23.